The predicted octanol–water partition coefficient (Wildman–Crippen LogP) is 3.83. The molecule has 156 valence electrons. The second-order valence-corrected chi connectivity index (χ2v) is 9.12. The van der Waals surface area contributed by atoms with E-state index in [0.717, 1.165) is 58.4 Å². The number of hydrogen-bond donors (Lipinski definition) is 0. The predicted molar refractivity (Wildman–Crippen MR) is 116 cm³/mol. The van der Waals surface area contributed by atoms with Crippen molar-refractivity contribution in [3.05, 3.63) is 53.3 Å². The standard InChI is InChI=1S/C24H34N4O/c1-4-12-28-19(2)21(16-25-28)17-27-13-10-24(11-14-27)15-22(23(29)26(3)18-24)20-8-6-5-7-9-20/h5-9,16,22H,4,10-15,17-18H2,1-3H3/t22-/m0/s1. The van der Waals surface area contributed by atoms with Crippen molar-refractivity contribution in [1.29, 1.82) is 0 Å². The van der Waals surface area contributed by atoms with E-state index in [-0.39, 0.29) is 17.2 Å². The van der Waals surface area contributed by atoms with Gasteiger partial charge in [0.15, 0.2) is 0 Å². The Balaban J connectivity index is 1.42. The molecule has 1 amide bonds. The first kappa shape index (κ1) is 20.1. The lowest BCUT2D eigenvalue weighted by molar-refractivity contribution is -0.139. The summed E-state index contributed by atoms with van der Waals surface area (Å²) in [6, 6.07) is 10.4. The van der Waals surface area contributed by atoms with E-state index in [9.17, 15) is 4.79 Å². The molecule has 1 atom stereocenters. The molecular formula is C24H34N4O. The Labute approximate surface area is 174 Å². The van der Waals surface area contributed by atoms with Crippen molar-refractivity contribution in [3.63, 3.8) is 0 Å². The number of benzene rings is 1. The maximum Gasteiger partial charge on any atom is 0.229 e. The smallest absolute Gasteiger partial charge is 0.229 e. The number of carbonyl (C=O) groups is 1. The van der Waals surface area contributed by atoms with Crippen LogP contribution in [-0.2, 0) is 17.9 Å². The molecule has 2 aliphatic rings. The van der Waals surface area contributed by atoms with Crippen LogP contribution in [0.3, 0.4) is 0 Å². The zero-order valence-corrected chi connectivity index (χ0v) is 18.1. The molecule has 1 aromatic heterocycles. The maximum absolute atomic E-state index is 12.9. The molecule has 29 heavy (non-hydrogen) atoms. The maximum atomic E-state index is 12.9. The summed E-state index contributed by atoms with van der Waals surface area (Å²) < 4.78 is 2.13. The monoisotopic (exact) mass is 394 g/mol. The van der Waals surface area contributed by atoms with Crippen molar-refractivity contribution < 1.29 is 4.79 Å². The summed E-state index contributed by atoms with van der Waals surface area (Å²) >= 11 is 0. The Kier molecular flexibility index (Phi) is 5.77. The van der Waals surface area contributed by atoms with Gasteiger partial charge in [-0.15, -0.1) is 0 Å². The Morgan fingerprint density at radius 2 is 1.90 bits per heavy atom. The molecule has 5 heteroatoms. The summed E-state index contributed by atoms with van der Waals surface area (Å²) in [5, 5.41) is 4.56. The SMILES string of the molecule is CCCn1ncc(CN2CCC3(CC2)C[C@@H](c2ccccc2)C(=O)N(C)C3)c1C. The number of aryl methyl sites for hydroxylation is 1. The molecule has 0 bridgehead atoms. The summed E-state index contributed by atoms with van der Waals surface area (Å²) in [5.41, 5.74) is 4.08. The van der Waals surface area contributed by atoms with Crippen LogP contribution in [0.4, 0.5) is 0 Å². The van der Waals surface area contributed by atoms with Crippen molar-refractivity contribution in [2.24, 2.45) is 5.41 Å². The summed E-state index contributed by atoms with van der Waals surface area (Å²) in [6.45, 7) is 9.47. The normalized spacial score (nSPS) is 22.4. The summed E-state index contributed by atoms with van der Waals surface area (Å²) in [4.78, 5) is 17.4. The molecule has 3 heterocycles. The number of likely N-dealkylation sites (N-methyl/N-ethyl adjacent to an activating group) is 1. The quantitative estimate of drug-likeness (QED) is 0.774. The van der Waals surface area contributed by atoms with Crippen LogP contribution in [0, 0.1) is 12.3 Å². The van der Waals surface area contributed by atoms with Crippen LogP contribution in [0.2, 0.25) is 0 Å². The molecule has 0 aliphatic carbocycles. The number of carbonyl (C=O) groups excluding carboxylic acids is 1. The molecular weight excluding hydrogens is 360 g/mol. The van der Waals surface area contributed by atoms with E-state index in [1.54, 1.807) is 0 Å². The summed E-state index contributed by atoms with van der Waals surface area (Å²) in [6.07, 6.45) is 6.48. The third kappa shape index (κ3) is 4.11. The molecule has 5 nitrogen and oxygen atoms in total. The van der Waals surface area contributed by atoms with E-state index in [0.29, 0.717) is 0 Å². The van der Waals surface area contributed by atoms with Crippen LogP contribution in [0.15, 0.2) is 36.5 Å². The van der Waals surface area contributed by atoms with E-state index < -0.39 is 0 Å². The molecule has 1 aromatic carbocycles. The Bertz CT molecular complexity index is 836. The van der Waals surface area contributed by atoms with E-state index in [4.69, 9.17) is 0 Å². The van der Waals surface area contributed by atoms with Crippen LogP contribution in [-0.4, -0.2) is 52.2 Å². The number of likely N-dealkylation sites (tertiary alicyclic amines) is 2. The number of aromatic nitrogens is 2. The zero-order chi connectivity index (χ0) is 20.4. The molecule has 2 saturated heterocycles. The van der Waals surface area contributed by atoms with Gasteiger partial charge in [0.2, 0.25) is 5.91 Å². The van der Waals surface area contributed by atoms with Crippen molar-refractivity contribution in [3.8, 4) is 0 Å². The fourth-order valence-corrected chi connectivity index (χ4v) is 5.24. The molecule has 2 aromatic rings. The second kappa shape index (κ2) is 8.31. The van der Waals surface area contributed by atoms with Crippen LogP contribution in [0.1, 0.15) is 55.3 Å². The fourth-order valence-electron chi connectivity index (χ4n) is 5.24. The Morgan fingerprint density at radius 1 is 1.17 bits per heavy atom. The third-order valence-corrected chi connectivity index (χ3v) is 7.04. The van der Waals surface area contributed by atoms with Gasteiger partial charge in [-0.3, -0.25) is 14.4 Å². The number of nitrogens with zero attached hydrogens (tertiary/aromatic N) is 4. The average Bonchev–Trinajstić information content (AvgIpc) is 3.07. The molecule has 0 unspecified atom stereocenters. The van der Waals surface area contributed by atoms with E-state index in [2.05, 4.69) is 40.7 Å². The van der Waals surface area contributed by atoms with Gasteiger partial charge in [0.25, 0.3) is 0 Å². The average molecular weight is 395 g/mol. The fraction of sp³-hybridized carbons (Fsp3) is 0.583. The highest BCUT2D eigenvalue weighted by molar-refractivity contribution is 5.84. The molecule has 2 aliphatic heterocycles. The lowest BCUT2D eigenvalue weighted by Crippen LogP contribution is -2.52. The van der Waals surface area contributed by atoms with E-state index >= 15 is 0 Å². The lowest BCUT2D eigenvalue weighted by atomic mass is 9.67. The first-order chi connectivity index (χ1) is 14.0. The van der Waals surface area contributed by atoms with Gasteiger partial charge in [-0.05, 0) is 56.7 Å². The lowest BCUT2D eigenvalue weighted by Gasteiger charge is -2.49. The number of piperidine rings is 2. The van der Waals surface area contributed by atoms with Crippen LogP contribution in [0.5, 0.6) is 0 Å². The molecule has 0 radical (unpaired) electrons. The largest absolute Gasteiger partial charge is 0.345 e. The minimum absolute atomic E-state index is 0.0102. The highest BCUT2D eigenvalue weighted by Gasteiger charge is 2.45. The van der Waals surface area contributed by atoms with Gasteiger partial charge in [-0.25, -0.2) is 0 Å². The highest BCUT2D eigenvalue weighted by Crippen LogP contribution is 2.45. The zero-order valence-electron chi connectivity index (χ0n) is 18.1. The van der Waals surface area contributed by atoms with Crippen LogP contribution < -0.4 is 0 Å². The van der Waals surface area contributed by atoms with Gasteiger partial charge in [0.05, 0.1) is 12.1 Å². The van der Waals surface area contributed by atoms with Crippen molar-refractivity contribution >= 4 is 5.91 Å². The number of hydrogen-bond acceptors (Lipinski definition) is 3. The number of rotatable bonds is 5. The van der Waals surface area contributed by atoms with Crippen molar-refractivity contribution in [2.45, 2.75) is 58.5 Å². The summed E-state index contributed by atoms with van der Waals surface area (Å²) in [5.74, 6) is 0.291. The second-order valence-electron chi connectivity index (χ2n) is 9.12. The van der Waals surface area contributed by atoms with Crippen molar-refractivity contribution in [2.75, 3.05) is 26.7 Å². The van der Waals surface area contributed by atoms with Gasteiger partial charge in [0.1, 0.15) is 0 Å². The minimum Gasteiger partial charge on any atom is -0.345 e. The summed E-state index contributed by atoms with van der Waals surface area (Å²) in [7, 11) is 1.98. The Morgan fingerprint density at radius 3 is 2.59 bits per heavy atom. The molecule has 1 spiro atoms. The number of amides is 1. The Hall–Kier alpha value is -2.14. The topological polar surface area (TPSA) is 41.4 Å². The highest BCUT2D eigenvalue weighted by atomic mass is 16.2. The third-order valence-electron chi connectivity index (χ3n) is 7.04. The van der Waals surface area contributed by atoms with Crippen molar-refractivity contribution in [1.82, 2.24) is 19.6 Å². The molecule has 2 fully saturated rings. The van der Waals surface area contributed by atoms with Crippen LogP contribution >= 0.6 is 0 Å². The van der Waals surface area contributed by atoms with Gasteiger partial charge < -0.3 is 4.90 Å². The molecule has 0 N–H and O–H groups in total. The minimum atomic E-state index is 0.0102. The first-order valence-corrected chi connectivity index (χ1v) is 11.0. The molecule has 4 rings (SSSR count). The van der Waals surface area contributed by atoms with Gasteiger partial charge in [-0.1, -0.05) is 37.3 Å². The first-order valence-electron chi connectivity index (χ1n) is 11.0. The molecule has 0 saturated carbocycles. The van der Waals surface area contributed by atoms with Gasteiger partial charge in [-0.2, -0.15) is 5.10 Å². The van der Waals surface area contributed by atoms with E-state index in [1.165, 1.54) is 16.8 Å². The van der Waals surface area contributed by atoms with E-state index in [1.807, 2.05) is 36.3 Å². The van der Waals surface area contributed by atoms with Gasteiger partial charge in [0, 0.05) is 37.9 Å². The van der Waals surface area contributed by atoms with Gasteiger partial charge >= 0.3 is 0 Å². The van der Waals surface area contributed by atoms with Crippen LogP contribution in [0.25, 0.3) is 0 Å².